The summed E-state index contributed by atoms with van der Waals surface area (Å²) < 4.78 is 20.1. The maximum Gasteiger partial charge on any atom is 0.324 e. The molecule has 1 aromatic rings. The van der Waals surface area contributed by atoms with Crippen LogP contribution < -0.4 is 9.47 Å². The van der Waals surface area contributed by atoms with Crippen LogP contribution in [0.3, 0.4) is 0 Å². The lowest BCUT2D eigenvalue weighted by molar-refractivity contribution is -0.156. The van der Waals surface area contributed by atoms with Crippen molar-refractivity contribution in [2.24, 2.45) is 0 Å². The molecule has 7 heteroatoms. The number of rotatable bonds is 8. The molecular formula is C16H20O7. The van der Waals surface area contributed by atoms with E-state index in [1.165, 1.54) is 26.4 Å². The Kier molecular flexibility index (Phi) is 7.05. The molecule has 23 heavy (non-hydrogen) atoms. The molecule has 0 spiro atoms. The van der Waals surface area contributed by atoms with Crippen molar-refractivity contribution in [1.82, 2.24) is 0 Å². The molecule has 0 N–H and O–H groups in total. The van der Waals surface area contributed by atoms with Crippen LogP contribution in [0.25, 0.3) is 0 Å². The largest absolute Gasteiger partial charge is 0.493 e. The van der Waals surface area contributed by atoms with E-state index in [1.807, 2.05) is 0 Å². The van der Waals surface area contributed by atoms with Crippen molar-refractivity contribution in [2.45, 2.75) is 19.8 Å². The lowest BCUT2D eigenvalue weighted by Gasteiger charge is -2.19. The fraction of sp³-hybridized carbons (Fsp3) is 0.438. The highest BCUT2D eigenvalue weighted by atomic mass is 16.6. The molecule has 1 aromatic carbocycles. The first-order valence-corrected chi connectivity index (χ1v) is 7.08. The minimum atomic E-state index is -1.37. The van der Waals surface area contributed by atoms with Gasteiger partial charge in [0.25, 0.3) is 0 Å². The number of ether oxygens (including phenoxy) is 4. The van der Waals surface area contributed by atoms with Crippen LogP contribution in [0.15, 0.2) is 12.1 Å². The highest BCUT2D eigenvalue weighted by molar-refractivity contribution is 6.03. The zero-order valence-corrected chi connectivity index (χ0v) is 13.6. The van der Waals surface area contributed by atoms with E-state index in [4.69, 9.17) is 18.9 Å². The van der Waals surface area contributed by atoms with E-state index >= 15 is 0 Å². The smallest absolute Gasteiger partial charge is 0.324 e. The third-order valence-electron chi connectivity index (χ3n) is 3.09. The second-order valence-corrected chi connectivity index (χ2v) is 4.36. The predicted octanol–water partition coefficient (Wildman–Crippen LogP) is 1.73. The van der Waals surface area contributed by atoms with E-state index in [2.05, 4.69) is 0 Å². The quantitative estimate of drug-likeness (QED) is 0.409. The van der Waals surface area contributed by atoms with Gasteiger partial charge in [-0.05, 0) is 25.5 Å². The molecule has 0 atom stereocenters. The first kappa shape index (κ1) is 18.5. The summed E-state index contributed by atoms with van der Waals surface area (Å²) in [4.78, 5) is 35.8. The Labute approximate surface area is 134 Å². The Hall–Kier alpha value is -2.57. The first-order valence-electron chi connectivity index (χ1n) is 7.08. The molecular weight excluding hydrogens is 304 g/mol. The monoisotopic (exact) mass is 324 g/mol. The lowest BCUT2D eigenvalue weighted by Crippen LogP contribution is -2.27. The summed E-state index contributed by atoms with van der Waals surface area (Å²) in [6, 6.07) is 2.95. The number of benzene rings is 1. The molecule has 0 radical (unpaired) electrons. The van der Waals surface area contributed by atoms with Gasteiger partial charge in [-0.1, -0.05) is 6.07 Å². The summed E-state index contributed by atoms with van der Waals surface area (Å²) >= 11 is 0. The molecule has 0 aromatic heterocycles. The minimum Gasteiger partial charge on any atom is -0.493 e. The summed E-state index contributed by atoms with van der Waals surface area (Å²) in [5.74, 6) is -2.50. The maximum atomic E-state index is 12.2. The summed E-state index contributed by atoms with van der Waals surface area (Å²) in [5, 5.41) is 0. The fourth-order valence-electron chi connectivity index (χ4n) is 2.14. The highest BCUT2D eigenvalue weighted by Gasteiger charge is 2.35. The first-order chi connectivity index (χ1) is 11.0. The van der Waals surface area contributed by atoms with E-state index in [1.54, 1.807) is 13.8 Å². The van der Waals surface area contributed by atoms with E-state index in [9.17, 15) is 14.4 Å². The number of hydrogen-bond donors (Lipinski definition) is 0. The van der Waals surface area contributed by atoms with Crippen LogP contribution >= 0.6 is 0 Å². The molecule has 0 unspecified atom stereocenters. The number of methoxy groups -OCH3 is 2. The van der Waals surface area contributed by atoms with Gasteiger partial charge in [-0.2, -0.15) is 0 Å². The van der Waals surface area contributed by atoms with Gasteiger partial charge in [0.15, 0.2) is 23.7 Å². The van der Waals surface area contributed by atoms with Crippen molar-refractivity contribution >= 4 is 18.2 Å². The number of aldehydes is 1. The maximum absolute atomic E-state index is 12.2. The molecule has 0 fully saturated rings. The van der Waals surface area contributed by atoms with Crippen molar-refractivity contribution in [3.8, 4) is 11.5 Å². The Morgan fingerprint density at radius 3 is 2.00 bits per heavy atom. The van der Waals surface area contributed by atoms with E-state index < -0.39 is 17.9 Å². The predicted molar refractivity (Wildman–Crippen MR) is 80.9 cm³/mol. The summed E-state index contributed by atoms with van der Waals surface area (Å²) in [6.07, 6.45) is 0.502. The van der Waals surface area contributed by atoms with Crippen molar-refractivity contribution < 1.29 is 33.3 Å². The Balaban J connectivity index is 3.49. The molecule has 0 aliphatic rings. The SMILES string of the molecule is CCOC(=O)C(C(=O)OCC)c1ccc(OC)c(OC)c1C=O. The van der Waals surface area contributed by atoms with E-state index in [-0.39, 0.29) is 30.1 Å². The third kappa shape index (κ3) is 4.00. The van der Waals surface area contributed by atoms with E-state index in [0.29, 0.717) is 12.0 Å². The molecule has 0 saturated heterocycles. The van der Waals surface area contributed by atoms with Crippen LogP contribution in [0.2, 0.25) is 0 Å². The number of carbonyl (C=O) groups is 3. The Morgan fingerprint density at radius 1 is 1.04 bits per heavy atom. The molecule has 0 bridgehead atoms. The van der Waals surface area contributed by atoms with Crippen LogP contribution in [0.5, 0.6) is 11.5 Å². The lowest BCUT2D eigenvalue weighted by atomic mass is 9.93. The van der Waals surface area contributed by atoms with E-state index in [0.717, 1.165) is 0 Å². The van der Waals surface area contributed by atoms with Crippen LogP contribution in [0.4, 0.5) is 0 Å². The van der Waals surface area contributed by atoms with Gasteiger partial charge in [0.1, 0.15) is 0 Å². The number of carbonyl (C=O) groups excluding carboxylic acids is 3. The van der Waals surface area contributed by atoms with Gasteiger partial charge < -0.3 is 18.9 Å². The highest BCUT2D eigenvalue weighted by Crippen LogP contribution is 2.36. The van der Waals surface area contributed by atoms with Gasteiger partial charge in [0.05, 0.1) is 33.0 Å². The Bertz CT molecular complexity index is 562. The van der Waals surface area contributed by atoms with Gasteiger partial charge in [-0.3, -0.25) is 14.4 Å². The Morgan fingerprint density at radius 2 is 1.61 bits per heavy atom. The van der Waals surface area contributed by atoms with Crippen molar-refractivity contribution in [3.05, 3.63) is 23.3 Å². The van der Waals surface area contributed by atoms with Crippen LogP contribution in [-0.4, -0.2) is 45.7 Å². The molecule has 1 rings (SSSR count). The molecule has 126 valence electrons. The van der Waals surface area contributed by atoms with Crippen LogP contribution in [0.1, 0.15) is 35.7 Å². The van der Waals surface area contributed by atoms with Gasteiger partial charge in [0, 0.05) is 0 Å². The topological polar surface area (TPSA) is 88.1 Å². The standard InChI is InChI=1S/C16H20O7/c1-5-22-15(18)13(16(19)23-6-2)10-7-8-12(20-3)14(21-4)11(10)9-17/h7-9,13H,5-6H2,1-4H3. The van der Waals surface area contributed by atoms with Gasteiger partial charge in [-0.15, -0.1) is 0 Å². The number of hydrogen-bond acceptors (Lipinski definition) is 7. The van der Waals surface area contributed by atoms with Crippen LogP contribution in [-0.2, 0) is 19.1 Å². The summed E-state index contributed by atoms with van der Waals surface area (Å²) in [7, 11) is 2.78. The van der Waals surface area contributed by atoms with Crippen LogP contribution in [0, 0.1) is 0 Å². The second kappa shape index (κ2) is 8.77. The van der Waals surface area contributed by atoms with Gasteiger partial charge in [0.2, 0.25) is 0 Å². The molecule has 0 aliphatic heterocycles. The van der Waals surface area contributed by atoms with Crippen molar-refractivity contribution in [3.63, 3.8) is 0 Å². The summed E-state index contributed by atoms with van der Waals surface area (Å²) in [5.41, 5.74) is 0.188. The fourth-order valence-corrected chi connectivity index (χ4v) is 2.14. The van der Waals surface area contributed by atoms with Crippen molar-refractivity contribution in [2.75, 3.05) is 27.4 Å². The number of esters is 2. The van der Waals surface area contributed by atoms with Crippen molar-refractivity contribution in [1.29, 1.82) is 0 Å². The molecule has 0 saturated carbocycles. The molecule has 0 aliphatic carbocycles. The zero-order chi connectivity index (χ0) is 17.4. The average Bonchev–Trinajstić information content (AvgIpc) is 2.54. The second-order valence-electron chi connectivity index (χ2n) is 4.36. The molecule has 0 amide bonds. The normalized spacial score (nSPS) is 10.1. The van der Waals surface area contributed by atoms with Gasteiger partial charge in [-0.25, -0.2) is 0 Å². The average molecular weight is 324 g/mol. The zero-order valence-electron chi connectivity index (χ0n) is 13.6. The minimum absolute atomic E-state index is 0.0398. The third-order valence-corrected chi connectivity index (χ3v) is 3.09. The van der Waals surface area contributed by atoms with Gasteiger partial charge >= 0.3 is 11.9 Å². The molecule has 7 nitrogen and oxygen atoms in total. The summed E-state index contributed by atoms with van der Waals surface area (Å²) in [6.45, 7) is 3.43. The molecule has 0 heterocycles.